The van der Waals surface area contributed by atoms with Crippen molar-refractivity contribution in [3.63, 3.8) is 0 Å². The average Bonchev–Trinajstić information content (AvgIpc) is 2.24. The molecule has 0 saturated carbocycles. The lowest BCUT2D eigenvalue weighted by Gasteiger charge is -2.37. The van der Waals surface area contributed by atoms with Gasteiger partial charge in [0.05, 0.1) is 0 Å². The van der Waals surface area contributed by atoms with Gasteiger partial charge in [-0.1, -0.05) is 13.8 Å². The summed E-state index contributed by atoms with van der Waals surface area (Å²) < 4.78 is 1.20. The molecule has 1 aliphatic rings. The number of hydrogen-bond donors (Lipinski definition) is 0. The highest BCUT2D eigenvalue weighted by Crippen LogP contribution is 2.32. The minimum Gasteiger partial charge on any atom is -0.312 e. The zero-order chi connectivity index (χ0) is 11.8. The predicted molar refractivity (Wildman–Crippen MR) is 74.5 cm³/mol. The molecule has 3 heteroatoms. The van der Waals surface area contributed by atoms with E-state index in [-0.39, 0.29) is 11.3 Å². The normalized spacial score (nSPS) is 19.9. The summed E-state index contributed by atoms with van der Waals surface area (Å²) >= 11 is 2.28. The van der Waals surface area contributed by atoms with Gasteiger partial charge < -0.3 is 4.90 Å². The number of halogens is 1. The van der Waals surface area contributed by atoms with E-state index in [0.717, 1.165) is 25.1 Å². The molecule has 1 aliphatic heterocycles. The summed E-state index contributed by atoms with van der Waals surface area (Å²) in [6, 6.07) is 8.15. The molecule has 1 aromatic carbocycles. The summed E-state index contributed by atoms with van der Waals surface area (Å²) in [6.07, 6.45) is 2.08. The van der Waals surface area contributed by atoms with Gasteiger partial charge >= 0.3 is 0 Å². The molecule has 16 heavy (non-hydrogen) atoms. The molecular formula is C13H16INO. The van der Waals surface area contributed by atoms with Crippen molar-refractivity contribution in [3.05, 3.63) is 27.8 Å². The van der Waals surface area contributed by atoms with Gasteiger partial charge in [-0.25, -0.2) is 0 Å². The molecule has 0 N–H and O–H groups in total. The topological polar surface area (TPSA) is 20.3 Å². The number of carbonyl (C=O) groups is 1. The SMILES string of the molecule is CC1(C)CCCN(c2ccc(I)cc2)C1=O. The monoisotopic (exact) mass is 329 g/mol. The van der Waals surface area contributed by atoms with E-state index >= 15 is 0 Å². The fourth-order valence-electron chi connectivity index (χ4n) is 2.12. The summed E-state index contributed by atoms with van der Waals surface area (Å²) in [5, 5.41) is 0. The van der Waals surface area contributed by atoms with Crippen molar-refractivity contribution >= 4 is 34.2 Å². The third kappa shape index (κ3) is 2.24. The molecule has 86 valence electrons. The maximum absolute atomic E-state index is 12.3. The Morgan fingerprint density at radius 2 is 1.88 bits per heavy atom. The van der Waals surface area contributed by atoms with Crippen molar-refractivity contribution in [2.75, 3.05) is 11.4 Å². The molecule has 0 aliphatic carbocycles. The molecule has 1 saturated heterocycles. The smallest absolute Gasteiger partial charge is 0.232 e. The van der Waals surface area contributed by atoms with Crippen molar-refractivity contribution in [2.24, 2.45) is 5.41 Å². The fourth-order valence-corrected chi connectivity index (χ4v) is 2.48. The van der Waals surface area contributed by atoms with E-state index in [1.165, 1.54) is 3.57 Å². The van der Waals surface area contributed by atoms with E-state index in [1.54, 1.807) is 0 Å². The van der Waals surface area contributed by atoms with Gasteiger partial charge in [-0.05, 0) is 59.7 Å². The largest absolute Gasteiger partial charge is 0.312 e. The fraction of sp³-hybridized carbons (Fsp3) is 0.462. The lowest BCUT2D eigenvalue weighted by molar-refractivity contribution is -0.128. The minimum absolute atomic E-state index is 0.207. The first kappa shape index (κ1) is 11.9. The quantitative estimate of drug-likeness (QED) is 0.723. The Bertz CT molecular complexity index is 397. The van der Waals surface area contributed by atoms with Gasteiger partial charge in [0.2, 0.25) is 5.91 Å². The van der Waals surface area contributed by atoms with Gasteiger partial charge in [-0.2, -0.15) is 0 Å². The number of anilines is 1. The van der Waals surface area contributed by atoms with E-state index in [2.05, 4.69) is 22.6 Å². The van der Waals surface area contributed by atoms with E-state index in [9.17, 15) is 4.79 Å². The van der Waals surface area contributed by atoms with Crippen LogP contribution in [0.3, 0.4) is 0 Å². The number of amides is 1. The molecule has 0 radical (unpaired) electrons. The van der Waals surface area contributed by atoms with Gasteiger partial charge in [0.25, 0.3) is 0 Å². The Morgan fingerprint density at radius 3 is 2.50 bits per heavy atom. The average molecular weight is 329 g/mol. The predicted octanol–water partition coefficient (Wildman–Crippen LogP) is 3.44. The second-order valence-electron chi connectivity index (χ2n) is 4.92. The number of benzene rings is 1. The van der Waals surface area contributed by atoms with Crippen LogP contribution >= 0.6 is 22.6 Å². The van der Waals surface area contributed by atoms with Crippen molar-refractivity contribution in [1.29, 1.82) is 0 Å². The molecule has 2 nitrogen and oxygen atoms in total. The van der Waals surface area contributed by atoms with Crippen LogP contribution in [0.4, 0.5) is 5.69 Å². The maximum Gasteiger partial charge on any atom is 0.232 e. The molecule has 0 spiro atoms. The third-order valence-electron chi connectivity index (χ3n) is 3.15. The van der Waals surface area contributed by atoms with Crippen LogP contribution in [-0.4, -0.2) is 12.5 Å². The van der Waals surface area contributed by atoms with Crippen molar-refractivity contribution in [1.82, 2.24) is 0 Å². The second kappa shape index (κ2) is 4.35. The Kier molecular flexibility index (Phi) is 3.24. The Labute approximate surface area is 110 Å². The summed E-state index contributed by atoms with van der Waals surface area (Å²) in [6.45, 7) is 4.92. The standard InChI is InChI=1S/C13H16INO/c1-13(2)8-3-9-15(12(13)16)11-6-4-10(14)5-7-11/h4-7H,3,8-9H2,1-2H3. The van der Waals surface area contributed by atoms with Crippen LogP contribution in [0, 0.1) is 8.99 Å². The van der Waals surface area contributed by atoms with E-state index in [4.69, 9.17) is 0 Å². The lowest BCUT2D eigenvalue weighted by atomic mass is 9.83. The van der Waals surface area contributed by atoms with Crippen LogP contribution in [0.15, 0.2) is 24.3 Å². The number of carbonyl (C=O) groups excluding carboxylic acids is 1. The Hall–Kier alpha value is -0.580. The van der Waals surface area contributed by atoms with Crippen LogP contribution in [0.2, 0.25) is 0 Å². The van der Waals surface area contributed by atoms with Gasteiger partial charge in [-0.15, -0.1) is 0 Å². The van der Waals surface area contributed by atoms with Crippen molar-refractivity contribution in [2.45, 2.75) is 26.7 Å². The summed E-state index contributed by atoms with van der Waals surface area (Å²) in [5.74, 6) is 0.250. The van der Waals surface area contributed by atoms with Gasteiger partial charge in [0, 0.05) is 21.2 Å². The van der Waals surface area contributed by atoms with Crippen LogP contribution in [0.1, 0.15) is 26.7 Å². The zero-order valence-corrected chi connectivity index (χ0v) is 11.8. The summed E-state index contributed by atoms with van der Waals surface area (Å²) in [4.78, 5) is 14.2. The number of rotatable bonds is 1. The molecule has 0 bridgehead atoms. The van der Waals surface area contributed by atoms with Crippen molar-refractivity contribution < 1.29 is 4.79 Å². The maximum atomic E-state index is 12.3. The van der Waals surface area contributed by atoms with Crippen molar-refractivity contribution in [3.8, 4) is 0 Å². The molecule has 1 amide bonds. The first-order valence-electron chi connectivity index (χ1n) is 5.58. The molecular weight excluding hydrogens is 313 g/mol. The Balaban J connectivity index is 2.27. The first-order valence-corrected chi connectivity index (χ1v) is 6.66. The molecule has 0 atom stereocenters. The molecule has 1 heterocycles. The second-order valence-corrected chi connectivity index (χ2v) is 6.17. The van der Waals surface area contributed by atoms with Crippen LogP contribution < -0.4 is 4.90 Å². The highest BCUT2D eigenvalue weighted by Gasteiger charge is 2.35. The molecule has 0 aromatic heterocycles. The summed E-state index contributed by atoms with van der Waals surface area (Å²) in [7, 11) is 0. The number of piperidine rings is 1. The highest BCUT2D eigenvalue weighted by atomic mass is 127. The molecule has 1 aromatic rings. The van der Waals surface area contributed by atoms with E-state index in [0.29, 0.717) is 0 Å². The Morgan fingerprint density at radius 1 is 1.25 bits per heavy atom. The summed E-state index contributed by atoms with van der Waals surface area (Å²) in [5.41, 5.74) is 0.819. The molecule has 2 rings (SSSR count). The third-order valence-corrected chi connectivity index (χ3v) is 3.87. The molecule has 1 fully saturated rings. The van der Waals surface area contributed by atoms with Crippen LogP contribution in [0.25, 0.3) is 0 Å². The lowest BCUT2D eigenvalue weighted by Crippen LogP contribution is -2.46. The van der Waals surface area contributed by atoms with E-state index < -0.39 is 0 Å². The number of nitrogens with zero attached hydrogens (tertiary/aromatic N) is 1. The molecule has 0 unspecified atom stereocenters. The van der Waals surface area contributed by atoms with Crippen LogP contribution in [0.5, 0.6) is 0 Å². The van der Waals surface area contributed by atoms with E-state index in [1.807, 2.05) is 43.0 Å². The number of hydrogen-bond acceptors (Lipinski definition) is 1. The van der Waals surface area contributed by atoms with Gasteiger partial charge in [-0.3, -0.25) is 4.79 Å². The minimum atomic E-state index is -0.207. The highest BCUT2D eigenvalue weighted by molar-refractivity contribution is 14.1. The van der Waals surface area contributed by atoms with Gasteiger partial charge in [0.15, 0.2) is 0 Å². The zero-order valence-electron chi connectivity index (χ0n) is 9.66. The van der Waals surface area contributed by atoms with Gasteiger partial charge in [0.1, 0.15) is 0 Å². The van der Waals surface area contributed by atoms with Crippen LogP contribution in [-0.2, 0) is 4.79 Å². The first-order chi connectivity index (χ1) is 7.50.